The first kappa shape index (κ1) is 36.2. The number of ether oxygens (including phenoxy) is 1. The van der Waals surface area contributed by atoms with Crippen LogP contribution < -0.4 is 11.1 Å². The summed E-state index contributed by atoms with van der Waals surface area (Å²) in [5.74, 6) is -3.31. The van der Waals surface area contributed by atoms with Crippen molar-refractivity contribution in [2.45, 2.75) is 38.0 Å². The van der Waals surface area contributed by atoms with E-state index >= 15 is 0 Å². The van der Waals surface area contributed by atoms with Gasteiger partial charge < -0.3 is 25.7 Å². The molecule has 1 fully saturated rings. The number of carbonyl (C=O) groups is 3. The second-order valence-electron chi connectivity index (χ2n) is 8.13. The number of thiocarbonyl (C=S) groups is 1. The first-order valence-electron chi connectivity index (χ1n) is 10.3. The largest absolute Gasteiger partial charge is 0.484 e. The molecule has 2 aromatic heterocycles. The summed E-state index contributed by atoms with van der Waals surface area (Å²) in [6.07, 6.45) is -0.0266. The van der Waals surface area contributed by atoms with Gasteiger partial charge in [0.25, 0.3) is 11.8 Å². The van der Waals surface area contributed by atoms with Crippen LogP contribution in [0, 0.1) is 0 Å². The Hall–Kier alpha value is -1.82. The number of rotatable bonds is 11. The van der Waals surface area contributed by atoms with E-state index in [4.69, 9.17) is 27.5 Å². The number of hydrogen-bond acceptors (Lipinski definition) is 15. The van der Waals surface area contributed by atoms with Crippen LogP contribution in [0.4, 0.5) is 5.13 Å². The van der Waals surface area contributed by atoms with Crippen LogP contribution in [0.3, 0.4) is 0 Å². The van der Waals surface area contributed by atoms with Gasteiger partial charge in [-0.2, -0.15) is 8.42 Å². The Bertz CT molecular complexity index is 1410. The molecular formula is C17H21N9Na2O9S3. The zero-order chi connectivity index (χ0) is 28.4. The van der Waals surface area contributed by atoms with Gasteiger partial charge in [-0.25, -0.2) is 18.8 Å². The number of aryl methyl sites for hydroxylation is 1. The van der Waals surface area contributed by atoms with Crippen LogP contribution in [0.2, 0.25) is 0 Å². The Balaban J connectivity index is 0.00000400. The van der Waals surface area contributed by atoms with Gasteiger partial charge in [0.2, 0.25) is 5.60 Å². The molecule has 1 aliphatic heterocycles. The number of tetrazole rings is 1. The van der Waals surface area contributed by atoms with E-state index in [0.29, 0.717) is 5.82 Å². The van der Waals surface area contributed by atoms with Gasteiger partial charge in [-0.1, -0.05) is 5.16 Å². The topological polar surface area (TPSA) is 254 Å². The van der Waals surface area contributed by atoms with Gasteiger partial charge in [-0.05, 0) is 36.5 Å². The number of nitrogen functional groups attached to an aromatic ring is 1. The molecule has 1 saturated heterocycles. The number of β-lactam (4-membered cyclic amide) rings is 1. The molecule has 0 bridgehead atoms. The van der Waals surface area contributed by atoms with Crippen LogP contribution in [-0.4, -0.2) is 160 Å². The molecular weight excluding hydrogens is 616 g/mol. The van der Waals surface area contributed by atoms with Gasteiger partial charge in [0.15, 0.2) is 21.7 Å². The van der Waals surface area contributed by atoms with Gasteiger partial charge in [-0.15, -0.1) is 16.4 Å². The van der Waals surface area contributed by atoms with Gasteiger partial charge in [0, 0.05) is 71.5 Å². The number of hydrogen-bond donors (Lipinski definition) is 4. The van der Waals surface area contributed by atoms with Crippen molar-refractivity contribution in [1.29, 1.82) is 0 Å². The molecule has 5 N–H and O–H groups in total. The maximum atomic E-state index is 13.1. The second kappa shape index (κ2) is 14.4. The second-order valence-corrected chi connectivity index (χ2v) is 10.8. The van der Waals surface area contributed by atoms with Crippen molar-refractivity contribution in [3.8, 4) is 0 Å². The first-order chi connectivity index (χ1) is 17.6. The fraction of sp³-hybridized carbons (Fsp3) is 0.471. The molecule has 208 valence electrons. The van der Waals surface area contributed by atoms with Crippen molar-refractivity contribution in [3.63, 3.8) is 0 Å². The van der Waals surface area contributed by atoms with Crippen LogP contribution in [0.15, 0.2) is 10.5 Å². The number of nitrogens with two attached hydrogens (primary N) is 1. The number of amides is 2. The van der Waals surface area contributed by atoms with Gasteiger partial charge in [0.1, 0.15) is 24.4 Å². The van der Waals surface area contributed by atoms with E-state index in [-0.39, 0.29) is 85.7 Å². The molecule has 1 aliphatic rings. The van der Waals surface area contributed by atoms with Crippen LogP contribution >= 0.6 is 23.6 Å². The Kier molecular flexibility index (Phi) is 13.0. The van der Waals surface area contributed by atoms with E-state index in [0.717, 1.165) is 11.3 Å². The number of oxime groups is 1. The number of carboxylic acids is 1. The summed E-state index contributed by atoms with van der Waals surface area (Å²) in [4.78, 5) is 45.9. The molecule has 23 heteroatoms. The predicted octanol–water partition coefficient (Wildman–Crippen LogP) is -2.84. The normalized spacial score (nSPS) is 17.1. The van der Waals surface area contributed by atoms with Crippen molar-refractivity contribution >= 4 is 127 Å². The molecule has 40 heavy (non-hydrogen) atoms. The molecule has 2 aromatic rings. The predicted molar refractivity (Wildman–Crippen MR) is 143 cm³/mol. The van der Waals surface area contributed by atoms with E-state index in [2.05, 4.69) is 31.0 Å². The standard InChI is InChI=1S/C17H21N9O9S3.2Na/c1-17(2,15(29)30)35-22-11(7-6-37-16(18)19-7)13(27)20-12-8(26(14(12)28)38(31,32)33)5-34-10(36)4-9-21-23-24-25(9)3;;/h6,8,12H,4-5H2,1-3H3,(H2,18,19)(H,20,27)(H,29,30)(H,31,32,33);;/t8-,12+;;/m1../s1. The quantitative estimate of drug-likeness (QED) is 0.0483. The van der Waals surface area contributed by atoms with Crippen molar-refractivity contribution in [2.75, 3.05) is 12.3 Å². The fourth-order valence-electron chi connectivity index (χ4n) is 2.89. The molecule has 0 spiro atoms. The Morgan fingerprint density at radius 2 is 2.00 bits per heavy atom. The number of carboxylic acid groups (broad SMARTS) is 1. The Morgan fingerprint density at radius 3 is 2.50 bits per heavy atom. The zero-order valence-electron chi connectivity index (χ0n) is 21.8. The van der Waals surface area contributed by atoms with Crippen LogP contribution in [-0.2, 0) is 47.7 Å². The number of aromatic nitrogens is 5. The van der Waals surface area contributed by atoms with E-state index < -0.39 is 58.1 Å². The summed E-state index contributed by atoms with van der Waals surface area (Å²) in [7, 11) is -3.46. The molecule has 2 amide bonds. The monoisotopic (exact) mass is 637 g/mol. The van der Waals surface area contributed by atoms with Crippen molar-refractivity contribution in [3.05, 3.63) is 16.9 Å². The molecule has 3 heterocycles. The maximum Gasteiger partial charge on any atom is 0.362 e. The Labute approximate surface area is 280 Å². The average molecular weight is 638 g/mol. The van der Waals surface area contributed by atoms with Gasteiger partial charge >= 0.3 is 16.3 Å². The third-order valence-corrected chi connectivity index (χ3v) is 6.87. The number of anilines is 1. The SMILES string of the molecule is Cn1nnnc1CC(=S)OC[C@@H]1[C@H](NC(=O)C(=NOC(C)(C)C(=O)O)c2csc(N)n2)C(=O)N1S(=O)(=O)O.[Na].[Na]. The molecule has 0 saturated carbocycles. The van der Waals surface area contributed by atoms with Crippen LogP contribution in [0.1, 0.15) is 25.4 Å². The zero-order valence-corrected chi connectivity index (χ0v) is 28.3. The van der Waals surface area contributed by atoms with E-state index in [1.54, 1.807) is 7.05 Å². The average Bonchev–Trinajstić information content (AvgIpc) is 3.41. The summed E-state index contributed by atoms with van der Waals surface area (Å²) in [6.45, 7) is 1.81. The van der Waals surface area contributed by atoms with E-state index in [1.165, 1.54) is 23.9 Å². The molecule has 3 rings (SSSR count). The number of carbonyl (C=O) groups excluding carboxylic acids is 2. The summed E-state index contributed by atoms with van der Waals surface area (Å²) in [6, 6.07) is -2.92. The van der Waals surface area contributed by atoms with Gasteiger partial charge in [0.05, 0.1) is 6.42 Å². The molecule has 18 nitrogen and oxygen atoms in total. The number of thiazole rings is 1. The smallest absolute Gasteiger partial charge is 0.362 e. The van der Waals surface area contributed by atoms with Crippen LogP contribution in [0.25, 0.3) is 0 Å². The van der Waals surface area contributed by atoms with E-state index in [1.807, 2.05) is 0 Å². The van der Waals surface area contributed by atoms with Crippen molar-refractivity contribution < 1.29 is 42.0 Å². The number of aliphatic carboxylic acids is 1. The summed E-state index contributed by atoms with van der Waals surface area (Å²) < 4.78 is 39.8. The van der Waals surface area contributed by atoms with Crippen molar-refractivity contribution in [1.82, 2.24) is 34.8 Å². The first-order valence-corrected chi connectivity index (χ1v) is 13.0. The van der Waals surface area contributed by atoms with Gasteiger partial charge in [-0.3, -0.25) is 14.1 Å². The minimum atomic E-state index is -5.02. The third-order valence-electron chi connectivity index (χ3n) is 4.99. The minimum absolute atomic E-state index is 0. The summed E-state index contributed by atoms with van der Waals surface area (Å²) in [5.41, 5.74) is 3.12. The number of nitrogens with zero attached hydrogens (tertiary/aromatic N) is 7. The molecule has 0 aliphatic carbocycles. The Morgan fingerprint density at radius 1 is 1.35 bits per heavy atom. The fourth-order valence-corrected chi connectivity index (χ4v) is 4.50. The summed E-state index contributed by atoms with van der Waals surface area (Å²) in [5, 5.41) is 27.2. The molecule has 2 atom stereocenters. The van der Waals surface area contributed by atoms with Crippen LogP contribution in [0.5, 0.6) is 0 Å². The minimum Gasteiger partial charge on any atom is -0.484 e. The third kappa shape index (κ3) is 8.59. The van der Waals surface area contributed by atoms with Crippen molar-refractivity contribution in [2.24, 2.45) is 12.2 Å². The molecule has 0 unspecified atom stereocenters. The maximum absolute atomic E-state index is 13.1. The molecule has 2 radical (unpaired) electrons. The van der Waals surface area contributed by atoms with E-state index in [9.17, 15) is 32.5 Å². The summed E-state index contributed by atoms with van der Waals surface area (Å²) >= 11 is 6.04. The number of nitrogens with one attached hydrogen (secondary N) is 1. The molecule has 0 aromatic carbocycles.